The molecule has 0 aromatic heterocycles. The SMILES string of the molecule is CC1CN(C(C)CO)CC(C)O1. The van der Waals surface area contributed by atoms with E-state index in [-0.39, 0.29) is 12.6 Å². The first-order valence-corrected chi connectivity index (χ1v) is 4.64. The molecule has 3 atom stereocenters. The average molecular weight is 173 g/mol. The summed E-state index contributed by atoms with van der Waals surface area (Å²) in [5.74, 6) is 0. The van der Waals surface area contributed by atoms with Crippen LogP contribution in [0.25, 0.3) is 0 Å². The Labute approximate surface area is 74.3 Å². The van der Waals surface area contributed by atoms with Crippen LogP contribution in [0.2, 0.25) is 0 Å². The van der Waals surface area contributed by atoms with Crippen molar-refractivity contribution in [3.63, 3.8) is 0 Å². The number of aliphatic hydroxyl groups is 1. The van der Waals surface area contributed by atoms with Gasteiger partial charge in [0.2, 0.25) is 0 Å². The van der Waals surface area contributed by atoms with Crippen LogP contribution in [0.4, 0.5) is 0 Å². The van der Waals surface area contributed by atoms with Gasteiger partial charge in [0.1, 0.15) is 0 Å². The summed E-state index contributed by atoms with van der Waals surface area (Å²) in [7, 11) is 0. The molecule has 3 unspecified atom stereocenters. The third kappa shape index (κ3) is 2.44. The first-order valence-electron chi connectivity index (χ1n) is 4.64. The largest absolute Gasteiger partial charge is 0.395 e. The van der Waals surface area contributed by atoms with Crippen molar-refractivity contribution >= 4 is 0 Å². The Morgan fingerprint density at radius 3 is 2.33 bits per heavy atom. The zero-order valence-corrected chi connectivity index (χ0v) is 8.16. The highest BCUT2D eigenvalue weighted by atomic mass is 16.5. The summed E-state index contributed by atoms with van der Waals surface area (Å²) in [5.41, 5.74) is 0. The molecule has 0 radical (unpaired) electrons. The Morgan fingerprint density at radius 1 is 1.42 bits per heavy atom. The maximum Gasteiger partial charge on any atom is 0.0678 e. The Morgan fingerprint density at radius 2 is 1.92 bits per heavy atom. The lowest BCUT2D eigenvalue weighted by molar-refractivity contribution is -0.0831. The van der Waals surface area contributed by atoms with Gasteiger partial charge >= 0.3 is 0 Å². The first-order chi connectivity index (χ1) is 5.63. The molecule has 12 heavy (non-hydrogen) atoms. The quantitative estimate of drug-likeness (QED) is 0.659. The zero-order chi connectivity index (χ0) is 9.14. The maximum atomic E-state index is 8.98. The summed E-state index contributed by atoms with van der Waals surface area (Å²) in [4.78, 5) is 2.28. The van der Waals surface area contributed by atoms with Crippen LogP contribution in [0.1, 0.15) is 20.8 Å². The molecule has 0 saturated carbocycles. The second kappa shape index (κ2) is 4.21. The zero-order valence-electron chi connectivity index (χ0n) is 8.16. The Balaban J connectivity index is 2.43. The molecule has 1 aliphatic heterocycles. The van der Waals surface area contributed by atoms with Gasteiger partial charge < -0.3 is 9.84 Å². The summed E-state index contributed by atoms with van der Waals surface area (Å²) < 4.78 is 5.59. The number of morpholine rings is 1. The van der Waals surface area contributed by atoms with Gasteiger partial charge in [-0.2, -0.15) is 0 Å². The fourth-order valence-corrected chi connectivity index (χ4v) is 1.69. The molecule has 1 saturated heterocycles. The lowest BCUT2D eigenvalue weighted by atomic mass is 10.2. The summed E-state index contributed by atoms with van der Waals surface area (Å²) in [5, 5.41) is 8.98. The third-order valence-electron chi connectivity index (χ3n) is 2.34. The van der Waals surface area contributed by atoms with E-state index in [1.54, 1.807) is 0 Å². The van der Waals surface area contributed by atoms with Crippen LogP contribution in [-0.2, 0) is 4.74 Å². The van der Waals surface area contributed by atoms with Crippen molar-refractivity contribution in [3.05, 3.63) is 0 Å². The molecule has 1 N–H and O–H groups in total. The minimum Gasteiger partial charge on any atom is -0.395 e. The van der Waals surface area contributed by atoms with Crippen LogP contribution < -0.4 is 0 Å². The fraction of sp³-hybridized carbons (Fsp3) is 1.00. The van der Waals surface area contributed by atoms with E-state index in [0.717, 1.165) is 13.1 Å². The van der Waals surface area contributed by atoms with E-state index in [1.165, 1.54) is 0 Å². The third-order valence-corrected chi connectivity index (χ3v) is 2.34. The van der Waals surface area contributed by atoms with E-state index in [4.69, 9.17) is 9.84 Å². The number of hydrogen-bond acceptors (Lipinski definition) is 3. The molecule has 0 aliphatic carbocycles. The van der Waals surface area contributed by atoms with E-state index in [9.17, 15) is 0 Å². The van der Waals surface area contributed by atoms with E-state index >= 15 is 0 Å². The van der Waals surface area contributed by atoms with Crippen molar-refractivity contribution in [2.75, 3.05) is 19.7 Å². The van der Waals surface area contributed by atoms with Crippen LogP contribution in [0, 0.1) is 0 Å². The Bertz CT molecular complexity index is 130. The highest BCUT2D eigenvalue weighted by Gasteiger charge is 2.24. The summed E-state index contributed by atoms with van der Waals surface area (Å²) >= 11 is 0. The molecule has 3 nitrogen and oxygen atoms in total. The minimum atomic E-state index is 0.236. The minimum absolute atomic E-state index is 0.236. The highest BCUT2D eigenvalue weighted by molar-refractivity contribution is 4.76. The molecule has 0 spiro atoms. The molecule has 0 amide bonds. The van der Waals surface area contributed by atoms with Crippen molar-refractivity contribution < 1.29 is 9.84 Å². The molecule has 0 aromatic carbocycles. The second-order valence-corrected chi connectivity index (χ2v) is 3.74. The molecule has 1 heterocycles. The van der Waals surface area contributed by atoms with Gasteiger partial charge in [-0.1, -0.05) is 0 Å². The normalized spacial score (nSPS) is 35.0. The van der Waals surface area contributed by atoms with Gasteiger partial charge in [-0.15, -0.1) is 0 Å². The van der Waals surface area contributed by atoms with Gasteiger partial charge in [-0.3, -0.25) is 4.90 Å². The lowest BCUT2D eigenvalue weighted by Crippen LogP contribution is -2.50. The number of aliphatic hydroxyl groups excluding tert-OH is 1. The first kappa shape index (κ1) is 9.96. The predicted molar refractivity (Wildman–Crippen MR) is 48.1 cm³/mol. The standard InChI is InChI=1S/C9H19NO2/c1-7(6-11)10-4-8(2)12-9(3)5-10/h7-9,11H,4-6H2,1-3H3. The van der Waals surface area contributed by atoms with E-state index < -0.39 is 0 Å². The lowest BCUT2D eigenvalue weighted by Gasteiger charge is -2.38. The molecule has 1 fully saturated rings. The fourth-order valence-electron chi connectivity index (χ4n) is 1.69. The van der Waals surface area contributed by atoms with Crippen molar-refractivity contribution in [1.82, 2.24) is 4.90 Å². The highest BCUT2D eigenvalue weighted by Crippen LogP contribution is 2.12. The van der Waals surface area contributed by atoms with Crippen LogP contribution >= 0.6 is 0 Å². The number of nitrogens with zero attached hydrogens (tertiary/aromatic N) is 1. The summed E-state index contributed by atoms with van der Waals surface area (Å²) in [6, 6.07) is 0.263. The van der Waals surface area contributed by atoms with Crippen LogP contribution in [0.3, 0.4) is 0 Å². The van der Waals surface area contributed by atoms with Crippen molar-refractivity contribution in [1.29, 1.82) is 0 Å². The molecule has 72 valence electrons. The van der Waals surface area contributed by atoms with Crippen LogP contribution in [0.15, 0.2) is 0 Å². The predicted octanol–water partition coefficient (Wildman–Crippen LogP) is 0.476. The Kier molecular flexibility index (Phi) is 3.50. The Hall–Kier alpha value is -0.120. The van der Waals surface area contributed by atoms with E-state index in [2.05, 4.69) is 18.7 Å². The van der Waals surface area contributed by atoms with Crippen molar-refractivity contribution in [2.24, 2.45) is 0 Å². The molecule has 1 aliphatic rings. The van der Waals surface area contributed by atoms with Gasteiger partial charge in [-0.05, 0) is 20.8 Å². The van der Waals surface area contributed by atoms with Gasteiger partial charge in [0.25, 0.3) is 0 Å². The average Bonchev–Trinajstić information content (AvgIpc) is 2.01. The van der Waals surface area contributed by atoms with Crippen molar-refractivity contribution in [2.45, 2.75) is 39.0 Å². The van der Waals surface area contributed by atoms with Crippen LogP contribution in [-0.4, -0.2) is 48.0 Å². The molecular formula is C9H19NO2. The van der Waals surface area contributed by atoms with Gasteiger partial charge in [0.05, 0.1) is 18.8 Å². The second-order valence-electron chi connectivity index (χ2n) is 3.74. The summed E-state index contributed by atoms with van der Waals surface area (Å²) in [6.07, 6.45) is 0.588. The van der Waals surface area contributed by atoms with Gasteiger partial charge in [0.15, 0.2) is 0 Å². The monoisotopic (exact) mass is 173 g/mol. The molecule has 0 aromatic rings. The number of hydrogen-bond donors (Lipinski definition) is 1. The number of rotatable bonds is 2. The maximum absolute atomic E-state index is 8.98. The van der Waals surface area contributed by atoms with E-state index in [1.807, 2.05) is 6.92 Å². The van der Waals surface area contributed by atoms with Gasteiger partial charge in [-0.25, -0.2) is 0 Å². The molecule has 1 rings (SSSR count). The number of ether oxygens (including phenoxy) is 1. The van der Waals surface area contributed by atoms with Crippen molar-refractivity contribution in [3.8, 4) is 0 Å². The van der Waals surface area contributed by atoms with Crippen LogP contribution in [0.5, 0.6) is 0 Å². The molecule has 0 bridgehead atoms. The summed E-state index contributed by atoms with van der Waals surface area (Å²) in [6.45, 7) is 8.31. The van der Waals surface area contributed by atoms with Gasteiger partial charge in [0, 0.05) is 19.1 Å². The molecular weight excluding hydrogens is 154 g/mol. The topological polar surface area (TPSA) is 32.7 Å². The smallest absolute Gasteiger partial charge is 0.0678 e. The molecule has 3 heteroatoms. The van der Waals surface area contributed by atoms with E-state index in [0.29, 0.717) is 12.2 Å².